The van der Waals surface area contributed by atoms with Crippen molar-refractivity contribution in [1.29, 1.82) is 0 Å². The van der Waals surface area contributed by atoms with Gasteiger partial charge in [-0.15, -0.1) is 0 Å². The second-order valence-corrected chi connectivity index (χ2v) is 12.3. The van der Waals surface area contributed by atoms with Gasteiger partial charge in [-0.05, 0) is 74.1 Å². The number of halogens is 2. The number of carbonyl (C=O) groups is 1. The van der Waals surface area contributed by atoms with Gasteiger partial charge in [0, 0.05) is 50.8 Å². The Balaban J connectivity index is 1.01. The van der Waals surface area contributed by atoms with E-state index in [0.717, 1.165) is 63.5 Å². The van der Waals surface area contributed by atoms with E-state index in [4.69, 9.17) is 32.7 Å². The van der Waals surface area contributed by atoms with E-state index >= 15 is 0 Å². The predicted molar refractivity (Wildman–Crippen MR) is 163 cm³/mol. The van der Waals surface area contributed by atoms with Crippen molar-refractivity contribution in [1.82, 2.24) is 14.7 Å². The number of piperazine rings is 1. The average molecular weight is 595 g/mol. The van der Waals surface area contributed by atoms with Crippen LogP contribution in [0.25, 0.3) is 0 Å². The highest BCUT2D eigenvalue weighted by Gasteiger charge is 2.34. The quantitative estimate of drug-likeness (QED) is 0.319. The van der Waals surface area contributed by atoms with Crippen LogP contribution in [0.4, 0.5) is 0 Å². The number of fused-ring (bicyclic) bond motifs is 1. The Labute approximate surface area is 252 Å². The lowest BCUT2D eigenvalue weighted by molar-refractivity contribution is 0.0135. The lowest BCUT2D eigenvalue weighted by Crippen LogP contribution is -2.57. The van der Waals surface area contributed by atoms with Crippen LogP contribution in [-0.2, 0) is 6.42 Å². The monoisotopic (exact) mass is 593 g/mol. The number of carbonyl (C=O) groups excluding carboxylic acids is 1. The smallest absolute Gasteiger partial charge is 0.255 e. The SMILES string of the molecule is C[C@@H]1CN(C2CCN(C(=O)c3cccc(Cl)c3Cl)CC2)CCN1[C@@H](C)c1ccc(Cc2ccc3c(c2)OCO3)cc1. The molecule has 0 spiro atoms. The number of ether oxygens (including phenoxy) is 2. The van der Waals surface area contributed by atoms with Crippen LogP contribution in [0.1, 0.15) is 59.8 Å². The number of benzene rings is 3. The van der Waals surface area contributed by atoms with E-state index in [0.29, 0.717) is 40.5 Å². The number of nitrogens with zero attached hydrogens (tertiary/aromatic N) is 3. The van der Waals surface area contributed by atoms with Crippen molar-refractivity contribution < 1.29 is 14.3 Å². The highest BCUT2D eigenvalue weighted by atomic mass is 35.5. The molecule has 0 N–H and O–H groups in total. The predicted octanol–water partition coefficient (Wildman–Crippen LogP) is 6.68. The van der Waals surface area contributed by atoms with Crippen molar-refractivity contribution >= 4 is 29.1 Å². The Bertz CT molecular complexity index is 1390. The van der Waals surface area contributed by atoms with Crippen molar-refractivity contribution in [3.63, 3.8) is 0 Å². The first kappa shape index (κ1) is 28.4. The number of amides is 1. The summed E-state index contributed by atoms with van der Waals surface area (Å²) < 4.78 is 11.0. The highest BCUT2D eigenvalue weighted by molar-refractivity contribution is 6.43. The molecule has 0 saturated carbocycles. The van der Waals surface area contributed by atoms with Gasteiger partial charge >= 0.3 is 0 Å². The molecule has 3 aliphatic heterocycles. The van der Waals surface area contributed by atoms with Gasteiger partial charge in [0.05, 0.1) is 15.6 Å². The molecule has 0 unspecified atom stereocenters. The summed E-state index contributed by atoms with van der Waals surface area (Å²) in [5, 5.41) is 0.769. The molecule has 6 rings (SSSR count). The molecule has 0 bridgehead atoms. The fourth-order valence-electron chi connectivity index (χ4n) is 6.57. The molecule has 2 fully saturated rings. The largest absolute Gasteiger partial charge is 0.454 e. The summed E-state index contributed by atoms with van der Waals surface area (Å²) in [5.74, 6) is 1.64. The van der Waals surface area contributed by atoms with Crippen LogP contribution < -0.4 is 9.47 Å². The van der Waals surface area contributed by atoms with Crippen LogP contribution in [0.5, 0.6) is 11.5 Å². The number of piperidine rings is 1. The third-order valence-corrected chi connectivity index (χ3v) is 9.78. The Morgan fingerprint density at radius 3 is 2.41 bits per heavy atom. The zero-order valence-corrected chi connectivity index (χ0v) is 25.2. The van der Waals surface area contributed by atoms with Crippen LogP contribution in [0.3, 0.4) is 0 Å². The van der Waals surface area contributed by atoms with E-state index in [1.165, 1.54) is 16.7 Å². The molecule has 3 aliphatic rings. The van der Waals surface area contributed by atoms with E-state index in [2.05, 4.69) is 60.0 Å². The van der Waals surface area contributed by atoms with E-state index in [1.807, 2.05) is 11.0 Å². The molecule has 2 saturated heterocycles. The van der Waals surface area contributed by atoms with Crippen molar-refractivity contribution in [2.45, 2.75) is 51.2 Å². The van der Waals surface area contributed by atoms with Crippen LogP contribution >= 0.6 is 23.2 Å². The first-order valence-electron chi connectivity index (χ1n) is 14.6. The summed E-state index contributed by atoms with van der Waals surface area (Å²) in [6.07, 6.45) is 2.84. The van der Waals surface area contributed by atoms with Gasteiger partial charge in [0.2, 0.25) is 6.79 Å². The van der Waals surface area contributed by atoms with Gasteiger partial charge in [0.25, 0.3) is 5.91 Å². The molecule has 2 atom stereocenters. The van der Waals surface area contributed by atoms with E-state index in [1.54, 1.807) is 18.2 Å². The number of likely N-dealkylation sites (tertiary alicyclic amines) is 1. The van der Waals surface area contributed by atoms with Gasteiger partial charge in [0.15, 0.2) is 11.5 Å². The molecule has 6 nitrogen and oxygen atoms in total. The second kappa shape index (κ2) is 12.2. The molecule has 3 heterocycles. The summed E-state index contributed by atoms with van der Waals surface area (Å²) in [4.78, 5) is 20.3. The molecule has 8 heteroatoms. The minimum absolute atomic E-state index is 0.0233. The molecule has 41 heavy (non-hydrogen) atoms. The molecule has 0 aromatic heterocycles. The van der Waals surface area contributed by atoms with Crippen molar-refractivity contribution in [2.75, 3.05) is 39.5 Å². The van der Waals surface area contributed by atoms with Crippen molar-refractivity contribution in [3.8, 4) is 11.5 Å². The maximum atomic E-state index is 13.1. The maximum absolute atomic E-state index is 13.1. The maximum Gasteiger partial charge on any atom is 0.255 e. The van der Waals surface area contributed by atoms with Crippen molar-refractivity contribution in [3.05, 3.63) is 93.0 Å². The first-order valence-corrected chi connectivity index (χ1v) is 15.3. The Morgan fingerprint density at radius 1 is 0.927 bits per heavy atom. The summed E-state index contributed by atoms with van der Waals surface area (Å²) in [5.41, 5.74) is 4.37. The fourth-order valence-corrected chi connectivity index (χ4v) is 6.95. The molecule has 1 amide bonds. The Hall–Kier alpha value is -2.77. The van der Waals surface area contributed by atoms with Crippen LogP contribution in [0.2, 0.25) is 10.0 Å². The molecular formula is C33H37Cl2N3O3. The normalized spacial score (nSPS) is 20.8. The zero-order valence-electron chi connectivity index (χ0n) is 23.7. The number of hydrogen-bond acceptors (Lipinski definition) is 5. The molecule has 216 valence electrons. The summed E-state index contributed by atoms with van der Waals surface area (Å²) >= 11 is 12.5. The van der Waals surface area contributed by atoms with Gasteiger partial charge < -0.3 is 14.4 Å². The van der Waals surface area contributed by atoms with Crippen LogP contribution in [-0.4, -0.2) is 72.2 Å². The fraction of sp³-hybridized carbons (Fsp3) is 0.424. The van der Waals surface area contributed by atoms with Gasteiger partial charge in [-0.25, -0.2) is 0 Å². The van der Waals surface area contributed by atoms with Gasteiger partial charge in [-0.1, -0.05) is 59.6 Å². The second-order valence-electron chi connectivity index (χ2n) is 11.5. The van der Waals surface area contributed by atoms with Crippen LogP contribution in [0, 0.1) is 0 Å². The molecular weight excluding hydrogens is 557 g/mol. The highest BCUT2D eigenvalue weighted by Crippen LogP contribution is 2.34. The average Bonchev–Trinajstić information content (AvgIpc) is 3.46. The third kappa shape index (κ3) is 6.07. The molecule has 3 aromatic rings. The topological polar surface area (TPSA) is 45.2 Å². The Kier molecular flexibility index (Phi) is 8.45. The number of rotatable bonds is 6. The molecule has 0 radical (unpaired) electrons. The first-order chi connectivity index (χ1) is 19.9. The molecule has 3 aromatic carbocycles. The van der Waals surface area contributed by atoms with Crippen LogP contribution in [0.15, 0.2) is 60.7 Å². The minimum atomic E-state index is -0.0233. The van der Waals surface area contributed by atoms with E-state index < -0.39 is 0 Å². The zero-order chi connectivity index (χ0) is 28.5. The number of hydrogen-bond donors (Lipinski definition) is 0. The summed E-state index contributed by atoms with van der Waals surface area (Å²) in [6.45, 7) is 9.60. The summed E-state index contributed by atoms with van der Waals surface area (Å²) in [7, 11) is 0. The van der Waals surface area contributed by atoms with Gasteiger partial charge in [0.1, 0.15) is 0 Å². The van der Waals surface area contributed by atoms with E-state index in [-0.39, 0.29) is 5.91 Å². The minimum Gasteiger partial charge on any atom is -0.454 e. The lowest BCUT2D eigenvalue weighted by atomic mass is 9.97. The summed E-state index contributed by atoms with van der Waals surface area (Å²) in [6, 6.07) is 21.8. The van der Waals surface area contributed by atoms with E-state index in [9.17, 15) is 4.79 Å². The van der Waals surface area contributed by atoms with Gasteiger partial charge in [-0.3, -0.25) is 14.6 Å². The standard InChI is InChI=1S/C33H37Cl2N3O3/c1-22-20-37(27-12-14-36(15-13-27)33(39)28-4-3-5-29(34)32(28)35)16-17-38(22)23(2)26-9-6-24(7-10-26)18-25-8-11-30-31(19-25)41-21-40-30/h3-11,19,22-23,27H,12-18,20-21H2,1-2H3/t22-,23+/m1/s1. The van der Waals surface area contributed by atoms with Crippen molar-refractivity contribution in [2.24, 2.45) is 0 Å². The molecule has 0 aliphatic carbocycles. The lowest BCUT2D eigenvalue weighted by Gasteiger charge is -2.47. The van der Waals surface area contributed by atoms with Gasteiger partial charge in [-0.2, -0.15) is 0 Å². The Morgan fingerprint density at radius 2 is 1.66 bits per heavy atom. The third-order valence-electron chi connectivity index (χ3n) is 8.97.